The second kappa shape index (κ2) is 9.34. The summed E-state index contributed by atoms with van der Waals surface area (Å²) in [7, 11) is 0. The Bertz CT molecular complexity index is 730. The fraction of sp³-hybridized carbons (Fsp3) is 0.625. The number of hydrogen-bond donors (Lipinski definition) is 1. The molecule has 1 aromatic heterocycles. The summed E-state index contributed by atoms with van der Waals surface area (Å²) in [6.07, 6.45) is 15.3. The zero-order valence-corrected chi connectivity index (χ0v) is 17.3. The first-order valence-corrected chi connectivity index (χ1v) is 11.9. The highest BCUT2D eigenvalue weighted by Crippen LogP contribution is 2.40. The van der Waals surface area contributed by atoms with E-state index in [1.54, 1.807) is 11.1 Å². The molecule has 3 heteroatoms. The van der Waals surface area contributed by atoms with E-state index in [0.717, 1.165) is 12.3 Å². The third-order valence-corrected chi connectivity index (χ3v) is 7.64. The van der Waals surface area contributed by atoms with Crippen molar-refractivity contribution in [2.45, 2.75) is 83.0 Å². The number of benzene rings is 1. The Hall–Kier alpha value is -1.19. The summed E-state index contributed by atoms with van der Waals surface area (Å²) in [4.78, 5) is 5.06. The van der Waals surface area contributed by atoms with Gasteiger partial charge < -0.3 is 5.11 Å². The highest BCUT2D eigenvalue weighted by Gasteiger charge is 2.24. The smallest absolute Gasteiger partial charge is 0.0963 e. The normalized spacial score (nSPS) is 22.6. The van der Waals surface area contributed by atoms with Crippen LogP contribution in [0.2, 0.25) is 0 Å². The van der Waals surface area contributed by atoms with E-state index in [4.69, 9.17) is 10.1 Å². The predicted octanol–water partition coefficient (Wildman–Crippen LogP) is 6.52. The maximum atomic E-state index is 8.90. The van der Waals surface area contributed by atoms with Crippen molar-refractivity contribution >= 4 is 11.3 Å². The SMILES string of the molecule is OCCCCCC1CCC(c2nc(-c3ccc4c(c3)CCCC4)cs2)CC1. The van der Waals surface area contributed by atoms with Crippen LogP contribution < -0.4 is 0 Å². The Labute approximate surface area is 168 Å². The van der Waals surface area contributed by atoms with Crippen LogP contribution >= 0.6 is 11.3 Å². The van der Waals surface area contributed by atoms with Crippen LogP contribution in [0, 0.1) is 5.92 Å². The molecule has 0 amide bonds. The van der Waals surface area contributed by atoms with Gasteiger partial charge in [0.15, 0.2) is 0 Å². The van der Waals surface area contributed by atoms with Gasteiger partial charge >= 0.3 is 0 Å². The Balaban J connectivity index is 1.34. The number of aliphatic hydroxyl groups excluding tert-OH is 1. The first-order valence-electron chi connectivity index (χ1n) is 11.0. The number of unbranched alkanes of at least 4 members (excludes halogenated alkanes) is 2. The number of hydrogen-bond acceptors (Lipinski definition) is 3. The first-order chi connectivity index (χ1) is 13.3. The molecule has 146 valence electrons. The van der Waals surface area contributed by atoms with Crippen molar-refractivity contribution < 1.29 is 5.11 Å². The summed E-state index contributed by atoms with van der Waals surface area (Å²) in [6.45, 7) is 0.351. The Morgan fingerprint density at radius 3 is 2.59 bits per heavy atom. The summed E-state index contributed by atoms with van der Waals surface area (Å²) in [5.74, 6) is 1.58. The van der Waals surface area contributed by atoms with Gasteiger partial charge in [-0.05, 0) is 80.9 Å². The lowest BCUT2D eigenvalue weighted by atomic mass is 9.80. The van der Waals surface area contributed by atoms with Gasteiger partial charge in [0.2, 0.25) is 0 Å². The van der Waals surface area contributed by atoms with Crippen LogP contribution in [0.1, 0.15) is 86.3 Å². The molecule has 27 heavy (non-hydrogen) atoms. The summed E-state index contributed by atoms with van der Waals surface area (Å²) in [5, 5.41) is 12.5. The zero-order chi connectivity index (χ0) is 18.5. The van der Waals surface area contributed by atoms with Gasteiger partial charge in [-0.3, -0.25) is 0 Å². The van der Waals surface area contributed by atoms with Crippen molar-refractivity contribution in [3.8, 4) is 11.3 Å². The second-order valence-electron chi connectivity index (χ2n) is 8.55. The molecule has 1 fully saturated rings. The van der Waals surface area contributed by atoms with Crippen LogP contribution in [-0.2, 0) is 12.8 Å². The summed E-state index contributed by atoms with van der Waals surface area (Å²) < 4.78 is 0. The van der Waals surface area contributed by atoms with E-state index in [2.05, 4.69) is 23.6 Å². The molecule has 4 rings (SSSR count). The van der Waals surface area contributed by atoms with Gasteiger partial charge in [0.05, 0.1) is 10.7 Å². The quantitative estimate of drug-likeness (QED) is 0.552. The molecular weight excluding hydrogens is 350 g/mol. The minimum absolute atomic E-state index is 0.351. The first kappa shape index (κ1) is 19.1. The average Bonchev–Trinajstić information content (AvgIpc) is 3.22. The highest BCUT2D eigenvalue weighted by atomic mass is 32.1. The number of aromatic nitrogens is 1. The van der Waals surface area contributed by atoms with Crippen molar-refractivity contribution in [2.75, 3.05) is 6.61 Å². The monoisotopic (exact) mass is 383 g/mol. The van der Waals surface area contributed by atoms with Crippen molar-refractivity contribution in [2.24, 2.45) is 5.92 Å². The van der Waals surface area contributed by atoms with E-state index in [-0.39, 0.29) is 0 Å². The molecule has 0 unspecified atom stereocenters. The maximum absolute atomic E-state index is 8.90. The van der Waals surface area contributed by atoms with Gasteiger partial charge in [0.1, 0.15) is 0 Å². The molecule has 1 N–H and O–H groups in total. The fourth-order valence-corrected chi connectivity index (χ4v) is 5.92. The third-order valence-electron chi connectivity index (χ3n) is 6.63. The number of nitrogens with zero attached hydrogens (tertiary/aromatic N) is 1. The average molecular weight is 384 g/mol. The molecule has 2 aromatic rings. The molecule has 1 saturated carbocycles. The largest absolute Gasteiger partial charge is 0.396 e. The molecule has 0 radical (unpaired) electrons. The van der Waals surface area contributed by atoms with Crippen molar-refractivity contribution in [3.63, 3.8) is 0 Å². The number of fused-ring (bicyclic) bond motifs is 1. The van der Waals surface area contributed by atoms with Crippen LogP contribution in [0.25, 0.3) is 11.3 Å². The predicted molar refractivity (Wildman–Crippen MR) is 114 cm³/mol. The van der Waals surface area contributed by atoms with Crippen LogP contribution in [0.5, 0.6) is 0 Å². The van der Waals surface area contributed by atoms with E-state index < -0.39 is 0 Å². The van der Waals surface area contributed by atoms with Crippen LogP contribution in [0.3, 0.4) is 0 Å². The molecule has 1 heterocycles. The summed E-state index contributed by atoms with van der Waals surface area (Å²) >= 11 is 1.88. The molecule has 0 saturated heterocycles. The van der Waals surface area contributed by atoms with Crippen molar-refractivity contribution in [3.05, 3.63) is 39.7 Å². The summed E-state index contributed by atoms with van der Waals surface area (Å²) in [6, 6.07) is 7.02. The van der Waals surface area contributed by atoms with E-state index in [1.807, 2.05) is 11.3 Å². The molecule has 0 atom stereocenters. The van der Waals surface area contributed by atoms with E-state index in [1.165, 1.54) is 86.9 Å². The molecule has 2 aliphatic carbocycles. The van der Waals surface area contributed by atoms with Crippen molar-refractivity contribution in [1.82, 2.24) is 4.98 Å². The lowest BCUT2D eigenvalue weighted by Crippen LogP contribution is -2.13. The van der Waals surface area contributed by atoms with E-state index in [9.17, 15) is 0 Å². The maximum Gasteiger partial charge on any atom is 0.0963 e. The number of rotatable bonds is 7. The molecule has 2 aliphatic rings. The standard InChI is InChI=1S/C24H33NOS/c26-15-5-1-2-6-18-9-11-20(12-10-18)24-25-23(17-27-24)22-14-13-19-7-3-4-8-21(19)16-22/h13-14,16-18,20,26H,1-12,15H2. The molecule has 1 aromatic carbocycles. The zero-order valence-electron chi connectivity index (χ0n) is 16.5. The van der Waals surface area contributed by atoms with Gasteiger partial charge in [-0.2, -0.15) is 0 Å². The van der Waals surface area contributed by atoms with Gasteiger partial charge in [0, 0.05) is 23.5 Å². The van der Waals surface area contributed by atoms with Crippen LogP contribution in [-0.4, -0.2) is 16.7 Å². The molecule has 2 nitrogen and oxygen atoms in total. The fourth-order valence-electron chi connectivity index (χ4n) is 4.92. The molecular formula is C24H33NOS. The lowest BCUT2D eigenvalue weighted by molar-refractivity contribution is 0.271. The molecule has 0 aliphatic heterocycles. The van der Waals surface area contributed by atoms with Crippen molar-refractivity contribution in [1.29, 1.82) is 0 Å². The van der Waals surface area contributed by atoms with Crippen LogP contribution in [0.15, 0.2) is 23.6 Å². The van der Waals surface area contributed by atoms with Gasteiger partial charge in [0.25, 0.3) is 0 Å². The van der Waals surface area contributed by atoms with Gasteiger partial charge in [-0.25, -0.2) is 4.98 Å². The minimum Gasteiger partial charge on any atom is -0.396 e. The molecule has 0 bridgehead atoms. The van der Waals surface area contributed by atoms with E-state index in [0.29, 0.717) is 12.5 Å². The number of aliphatic hydroxyl groups is 1. The topological polar surface area (TPSA) is 33.1 Å². The Morgan fingerprint density at radius 1 is 0.963 bits per heavy atom. The Morgan fingerprint density at radius 2 is 1.78 bits per heavy atom. The third kappa shape index (κ3) is 4.81. The lowest BCUT2D eigenvalue weighted by Gasteiger charge is -2.27. The van der Waals surface area contributed by atoms with Crippen LogP contribution in [0.4, 0.5) is 0 Å². The number of aryl methyl sites for hydroxylation is 2. The second-order valence-corrected chi connectivity index (χ2v) is 9.44. The molecule has 0 spiro atoms. The van der Waals surface area contributed by atoms with E-state index >= 15 is 0 Å². The Kier molecular flexibility index (Phi) is 6.62. The summed E-state index contributed by atoms with van der Waals surface area (Å²) in [5.41, 5.74) is 5.61. The van der Waals surface area contributed by atoms with Gasteiger partial charge in [-0.1, -0.05) is 31.4 Å². The minimum atomic E-state index is 0.351. The van der Waals surface area contributed by atoms with Gasteiger partial charge in [-0.15, -0.1) is 11.3 Å². The highest BCUT2D eigenvalue weighted by molar-refractivity contribution is 7.10. The number of thiazole rings is 1.